The number of carbonyl (C=O) groups excluding carboxylic acids is 1. The molecular weight excluding hydrogens is 226 g/mol. The fraction of sp³-hybridized carbons (Fsp3) is 0.417. The number of aryl methyl sites for hydroxylation is 1. The molecule has 4 heteroatoms. The van der Waals surface area contributed by atoms with Crippen LogP contribution in [0.1, 0.15) is 22.8 Å². The number of benzene rings is 1. The number of Topliss-reactive ketones (excluding diaryl/α,β-unsaturated/α-hetero) is 1. The van der Waals surface area contributed by atoms with Crippen molar-refractivity contribution in [3.05, 3.63) is 28.3 Å². The summed E-state index contributed by atoms with van der Waals surface area (Å²) in [6.45, 7) is 3.68. The summed E-state index contributed by atoms with van der Waals surface area (Å²) in [5.41, 5.74) is 1.41. The number of nitrogens with one attached hydrogen (secondary N) is 1. The van der Waals surface area contributed by atoms with E-state index >= 15 is 0 Å². The first-order chi connectivity index (χ1) is 7.51. The predicted octanol–water partition coefficient (Wildman–Crippen LogP) is 2.45. The van der Waals surface area contributed by atoms with Gasteiger partial charge in [-0.3, -0.25) is 4.79 Å². The highest BCUT2D eigenvalue weighted by Crippen LogP contribution is 2.27. The number of hydrogen-bond acceptors (Lipinski definition) is 3. The normalized spacial score (nSPS) is 12.3. The first kappa shape index (κ1) is 13.0. The van der Waals surface area contributed by atoms with Crippen LogP contribution < -0.4 is 10.1 Å². The number of carbonyl (C=O) groups is 1. The summed E-state index contributed by atoms with van der Waals surface area (Å²) in [6, 6.07) is 3.18. The lowest BCUT2D eigenvalue weighted by molar-refractivity contribution is 0.0952. The summed E-state index contributed by atoms with van der Waals surface area (Å²) >= 11 is 6.01. The largest absolute Gasteiger partial charge is 0.496 e. The van der Waals surface area contributed by atoms with Crippen LogP contribution in [0.25, 0.3) is 0 Å². The Morgan fingerprint density at radius 3 is 2.62 bits per heavy atom. The molecule has 0 saturated heterocycles. The highest BCUT2D eigenvalue weighted by Gasteiger charge is 2.18. The Kier molecular flexibility index (Phi) is 4.33. The van der Waals surface area contributed by atoms with Crippen LogP contribution in [0.4, 0.5) is 0 Å². The molecule has 0 fully saturated rings. The van der Waals surface area contributed by atoms with E-state index < -0.39 is 0 Å². The van der Waals surface area contributed by atoms with E-state index in [0.29, 0.717) is 16.3 Å². The molecule has 1 aromatic rings. The molecule has 0 radical (unpaired) electrons. The van der Waals surface area contributed by atoms with E-state index in [2.05, 4.69) is 5.32 Å². The highest BCUT2D eigenvalue weighted by molar-refractivity contribution is 6.31. The summed E-state index contributed by atoms with van der Waals surface area (Å²) in [5.74, 6) is 0.537. The molecule has 0 spiro atoms. The van der Waals surface area contributed by atoms with Gasteiger partial charge in [-0.1, -0.05) is 11.6 Å². The van der Waals surface area contributed by atoms with E-state index in [1.165, 1.54) is 0 Å². The Morgan fingerprint density at radius 2 is 2.12 bits per heavy atom. The molecule has 0 bridgehead atoms. The van der Waals surface area contributed by atoms with Gasteiger partial charge in [0.15, 0.2) is 5.78 Å². The minimum atomic E-state index is -0.257. The maximum absolute atomic E-state index is 12.0. The number of hydrogen-bond donors (Lipinski definition) is 1. The van der Waals surface area contributed by atoms with Crippen LogP contribution in [-0.4, -0.2) is 26.0 Å². The van der Waals surface area contributed by atoms with Crippen molar-refractivity contribution < 1.29 is 9.53 Å². The van der Waals surface area contributed by atoms with Gasteiger partial charge in [0, 0.05) is 5.02 Å². The number of rotatable bonds is 4. The lowest BCUT2D eigenvalue weighted by atomic mass is 10.0. The second-order valence-corrected chi connectivity index (χ2v) is 4.08. The number of likely N-dealkylation sites (N-methyl/N-ethyl adjacent to an activating group) is 1. The Balaban J connectivity index is 3.21. The Hall–Kier alpha value is -1.06. The van der Waals surface area contributed by atoms with Gasteiger partial charge in [-0.05, 0) is 38.6 Å². The van der Waals surface area contributed by atoms with Crippen LogP contribution in [0.15, 0.2) is 12.1 Å². The molecule has 0 heterocycles. The van der Waals surface area contributed by atoms with Crippen LogP contribution in [0, 0.1) is 6.92 Å². The summed E-state index contributed by atoms with van der Waals surface area (Å²) < 4.78 is 5.19. The Labute approximate surface area is 101 Å². The molecule has 0 aliphatic heterocycles. The molecule has 88 valence electrons. The van der Waals surface area contributed by atoms with E-state index in [-0.39, 0.29) is 11.8 Å². The third-order valence-electron chi connectivity index (χ3n) is 2.57. The summed E-state index contributed by atoms with van der Waals surface area (Å²) in [6.07, 6.45) is 0. The van der Waals surface area contributed by atoms with Crippen LogP contribution in [0.3, 0.4) is 0 Å². The quantitative estimate of drug-likeness (QED) is 0.823. The van der Waals surface area contributed by atoms with Crippen LogP contribution in [0.5, 0.6) is 5.75 Å². The molecule has 0 saturated carbocycles. The lowest BCUT2D eigenvalue weighted by Gasteiger charge is -2.13. The van der Waals surface area contributed by atoms with Gasteiger partial charge in [0.1, 0.15) is 5.75 Å². The number of methoxy groups -OCH3 is 1. The molecule has 1 N–H and O–H groups in total. The van der Waals surface area contributed by atoms with Crippen molar-refractivity contribution in [2.75, 3.05) is 14.2 Å². The van der Waals surface area contributed by atoms with Crippen LogP contribution in [-0.2, 0) is 0 Å². The standard InChI is InChI=1S/C12H16ClNO2/c1-7-5-11(16-4)9(6-10(7)13)12(15)8(2)14-3/h5-6,8,14H,1-4H3. The van der Waals surface area contributed by atoms with Gasteiger partial charge in [-0.2, -0.15) is 0 Å². The Bertz CT molecular complexity index is 404. The maximum atomic E-state index is 12.0. The zero-order valence-corrected chi connectivity index (χ0v) is 10.7. The van der Waals surface area contributed by atoms with Gasteiger partial charge in [0.25, 0.3) is 0 Å². The minimum absolute atomic E-state index is 0.0266. The van der Waals surface area contributed by atoms with Crippen molar-refractivity contribution in [3.63, 3.8) is 0 Å². The highest BCUT2D eigenvalue weighted by atomic mass is 35.5. The van der Waals surface area contributed by atoms with E-state index in [1.54, 1.807) is 33.2 Å². The number of ketones is 1. The first-order valence-electron chi connectivity index (χ1n) is 5.06. The van der Waals surface area contributed by atoms with Crippen molar-refractivity contribution in [3.8, 4) is 5.75 Å². The molecule has 0 amide bonds. The SMILES string of the molecule is CNC(C)C(=O)c1cc(Cl)c(C)cc1OC. The molecule has 16 heavy (non-hydrogen) atoms. The van der Waals surface area contributed by atoms with E-state index in [0.717, 1.165) is 5.56 Å². The van der Waals surface area contributed by atoms with Crippen molar-refractivity contribution in [2.24, 2.45) is 0 Å². The first-order valence-corrected chi connectivity index (χ1v) is 5.44. The average Bonchev–Trinajstić information content (AvgIpc) is 2.30. The molecule has 0 aliphatic rings. The zero-order chi connectivity index (χ0) is 12.3. The molecule has 0 aliphatic carbocycles. The van der Waals surface area contributed by atoms with E-state index in [9.17, 15) is 4.79 Å². The average molecular weight is 242 g/mol. The number of halogens is 1. The summed E-state index contributed by atoms with van der Waals surface area (Å²) in [7, 11) is 3.29. The molecule has 3 nitrogen and oxygen atoms in total. The maximum Gasteiger partial charge on any atom is 0.183 e. The van der Waals surface area contributed by atoms with Crippen molar-refractivity contribution in [1.82, 2.24) is 5.32 Å². The molecule has 1 unspecified atom stereocenters. The Morgan fingerprint density at radius 1 is 1.50 bits per heavy atom. The lowest BCUT2D eigenvalue weighted by Crippen LogP contribution is -2.31. The summed E-state index contributed by atoms with van der Waals surface area (Å²) in [4.78, 5) is 12.0. The minimum Gasteiger partial charge on any atom is -0.496 e. The van der Waals surface area contributed by atoms with Crippen molar-refractivity contribution in [1.29, 1.82) is 0 Å². The monoisotopic (exact) mass is 241 g/mol. The van der Waals surface area contributed by atoms with Crippen molar-refractivity contribution >= 4 is 17.4 Å². The fourth-order valence-electron chi connectivity index (χ4n) is 1.38. The second kappa shape index (κ2) is 5.32. The third kappa shape index (κ3) is 2.54. The van der Waals surface area contributed by atoms with Gasteiger partial charge in [-0.15, -0.1) is 0 Å². The van der Waals surface area contributed by atoms with Gasteiger partial charge < -0.3 is 10.1 Å². The van der Waals surface area contributed by atoms with Gasteiger partial charge in [-0.25, -0.2) is 0 Å². The van der Waals surface area contributed by atoms with Crippen molar-refractivity contribution in [2.45, 2.75) is 19.9 Å². The van der Waals surface area contributed by atoms with E-state index in [4.69, 9.17) is 16.3 Å². The summed E-state index contributed by atoms with van der Waals surface area (Å²) in [5, 5.41) is 3.48. The molecule has 1 aromatic carbocycles. The van der Waals surface area contributed by atoms with Crippen LogP contribution in [0.2, 0.25) is 5.02 Å². The van der Waals surface area contributed by atoms with Crippen LogP contribution >= 0.6 is 11.6 Å². The van der Waals surface area contributed by atoms with Gasteiger partial charge in [0.2, 0.25) is 0 Å². The smallest absolute Gasteiger partial charge is 0.183 e. The molecule has 1 rings (SSSR count). The van der Waals surface area contributed by atoms with E-state index in [1.807, 2.05) is 6.92 Å². The molecule has 0 aromatic heterocycles. The van der Waals surface area contributed by atoms with Gasteiger partial charge >= 0.3 is 0 Å². The zero-order valence-electron chi connectivity index (χ0n) is 9.93. The predicted molar refractivity (Wildman–Crippen MR) is 65.6 cm³/mol. The molecular formula is C12H16ClNO2. The topological polar surface area (TPSA) is 38.3 Å². The van der Waals surface area contributed by atoms with Gasteiger partial charge in [0.05, 0.1) is 18.7 Å². The second-order valence-electron chi connectivity index (χ2n) is 3.68. The number of ether oxygens (including phenoxy) is 1. The third-order valence-corrected chi connectivity index (χ3v) is 2.98. The molecule has 1 atom stereocenters. The fourth-order valence-corrected chi connectivity index (χ4v) is 1.54.